The molecule has 142 valence electrons. The topological polar surface area (TPSA) is 67.9 Å². The molecule has 7 heteroatoms. The third-order valence-electron chi connectivity index (χ3n) is 4.44. The van der Waals surface area contributed by atoms with E-state index in [1.807, 2.05) is 0 Å². The van der Waals surface area contributed by atoms with Crippen LogP contribution in [0.25, 0.3) is 0 Å². The minimum Gasteiger partial charge on any atom is -0.493 e. The number of anilines is 1. The Kier molecular flexibility index (Phi) is 5.59. The van der Waals surface area contributed by atoms with Crippen LogP contribution in [0.2, 0.25) is 0 Å². The second kappa shape index (κ2) is 8.07. The predicted octanol–water partition coefficient (Wildman–Crippen LogP) is 2.31. The number of carbonyl (C=O) groups is 2. The van der Waals surface area contributed by atoms with E-state index in [9.17, 15) is 14.0 Å². The van der Waals surface area contributed by atoms with Crippen molar-refractivity contribution in [3.05, 3.63) is 53.8 Å². The Hall–Kier alpha value is -3.09. The van der Waals surface area contributed by atoms with Gasteiger partial charge < -0.3 is 19.7 Å². The van der Waals surface area contributed by atoms with Gasteiger partial charge in [-0.25, -0.2) is 4.39 Å². The normalized spacial score (nSPS) is 16.3. The lowest BCUT2D eigenvalue weighted by Crippen LogP contribution is -2.38. The Balaban J connectivity index is 1.60. The fourth-order valence-electron chi connectivity index (χ4n) is 3.13. The average molecular weight is 372 g/mol. The Labute approximate surface area is 156 Å². The molecular formula is C20H21FN2O4. The van der Waals surface area contributed by atoms with Crippen LogP contribution in [-0.4, -0.2) is 38.6 Å². The number of ether oxygens (including phenoxy) is 2. The number of hydrogen-bond donors (Lipinski definition) is 1. The van der Waals surface area contributed by atoms with Crippen molar-refractivity contribution >= 4 is 17.5 Å². The SMILES string of the molecule is COc1ccc(CC(=O)N[C@H]2CC(=O)N(c3ccc(F)cc3)C2)cc1OC. The van der Waals surface area contributed by atoms with Crippen LogP contribution in [0.5, 0.6) is 11.5 Å². The second-order valence-electron chi connectivity index (χ2n) is 6.32. The molecule has 0 aromatic heterocycles. The van der Waals surface area contributed by atoms with Crippen LogP contribution < -0.4 is 19.7 Å². The van der Waals surface area contributed by atoms with Gasteiger partial charge in [0.2, 0.25) is 11.8 Å². The summed E-state index contributed by atoms with van der Waals surface area (Å²) in [5.41, 5.74) is 1.41. The number of carbonyl (C=O) groups excluding carboxylic acids is 2. The highest BCUT2D eigenvalue weighted by Crippen LogP contribution is 2.28. The lowest BCUT2D eigenvalue weighted by Gasteiger charge is -2.17. The predicted molar refractivity (Wildman–Crippen MR) is 98.6 cm³/mol. The first-order valence-corrected chi connectivity index (χ1v) is 8.56. The zero-order chi connectivity index (χ0) is 19.4. The van der Waals surface area contributed by atoms with Crippen molar-refractivity contribution in [2.24, 2.45) is 0 Å². The van der Waals surface area contributed by atoms with Crippen LogP contribution in [0.4, 0.5) is 10.1 Å². The van der Waals surface area contributed by atoms with Gasteiger partial charge in [-0.05, 0) is 42.0 Å². The molecule has 0 radical (unpaired) electrons. The number of methoxy groups -OCH3 is 2. The Morgan fingerprint density at radius 3 is 2.52 bits per heavy atom. The number of rotatable bonds is 6. The van der Waals surface area contributed by atoms with Gasteiger partial charge >= 0.3 is 0 Å². The van der Waals surface area contributed by atoms with Crippen molar-refractivity contribution in [3.8, 4) is 11.5 Å². The van der Waals surface area contributed by atoms with E-state index in [1.54, 1.807) is 42.3 Å². The van der Waals surface area contributed by atoms with Crippen molar-refractivity contribution < 1.29 is 23.5 Å². The summed E-state index contributed by atoms with van der Waals surface area (Å²) >= 11 is 0. The summed E-state index contributed by atoms with van der Waals surface area (Å²) in [5, 5.41) is 2.89. The molecular weight excluding hydrogens is 351 g/mol. The van der Waals surface area contributed by atoms with Crippen molar-refractivity contribution in [1.29, 1.82) is 0 Å². The molecule has 1 N–H and O–H groups in total. The number of nitrogens with zero attached hydrogens (tertiary/aromatic N) is 1. The summed E-state index contributed by atoms with van der Waals surface area (Å²) in [4.78, 5) is 26.1. The van der Waals surface area contributed by atoms with Gasteiger partial charge in [-0.3, -0.25) is 9.59 Å². The van der Waals surface area contributed by atoms with Crippen LogP contribution in [0.1, 0.15) is 12.0 Å². The smallest absolute Gasteiger partial charge is 0.229 e. The van der Waals surface area contributed by atoms with Crippen LogP contribution >= 0.6 is 0 Å². The third kappa shape index (κ3) is 4.36. The fraction of sp³-hybridized carbons (Fsp3) is 0.300. The lowest BCUT2D eigenvalue weighted by molar-refractivity contribution is -0.121. The van der Waals surface area contributed by atoms with Gasteiger partial charge in [-0.2, -0.15) is 0 Å². The molecule has 1 saturated heterocycles. The zero-order valence-electron chi connectivity index (χ0n) is 15.2. The molecule has 3 rings (SSSR count). The van der Waals surface area contributed by atoms with Crippen molar-refractivity contribution in [1.82, 2.24) is 5.32 Å². The molecule has 1 atom stereocenters. The van der Waals surface area contributed by atoms with Gasteiger partial charge in [-0.1, -0.05) is 6.07 Å². The van der Waals surface area contributed by atoms with Crippen molar-refractivity contribution in [2.75, 3.05) is 25.7 Å². The molecule has 2 aromatic carbocycles. The number of hydrogen-bond acceptors (Lipinski definition) is 4. The van der Waals surface area contributed by atoms with Crippen LogP contribution in [0.3, 0.4) is 0 Å². The largest absolute Gasteiger partial charge is 0.493 e. The maximum atomic E-state index is 13.1. The van der Waals surface area contributed by atoms with Gasteiger partial charge in [0.05, 0.1) is 26.7 Å². The van der Waals surface area contributed by atoms with E-state index in [4.69, 9.17) is 9.47 Å². The average Bonchev–Trinajstić information content (AvgIpc) is 3.02. The third-order valence-corrected chi connectivity index (χ3v) is 4.44. The fourth-order valence-corrected chi connectivity index (χ4v) is 3.13. The highest BCUT2D eigenvalue weighted by atomic mass is 19.1. The standard InChI is InChI=1S/C20H21FN2O4/c1-26-17-8-3-13(9-18(17)27-2)10-19(24)22-15-11-20(25)23(12-15)16-6-4-14(21)5-7-16/h3-9,15H,10-12H2,1-2H3,(H,22,24)/t15-/m0/s1. The molecule has 2 aromatic rings. The Morgan fingerprint density at radius 2 is 1.85 bits per heavy atom. The van der Waals surface area contributed by atoms with Crippen molar-refractivity contribution in [3.63, 3.8) is 0 Å². The second-order valence-corrected chi connectivity index (χ2v) is 6.32. The van der Waals surface area contributed by atoms with E-state index in [-0.39, 0.29) is 36.5 Å². The lowest BCUT2D eigenvalue weighted by atomic mass is 10.1. The summed E-state index contributed by atoms with van der Waals surface area (Å²) in [7, 11) is 3.09. The molecule has 1 heterocycles. The van der Waals surface area contributed by atoms with Gasteiger partial charge in [0.1, 0.15) is 5.82 Å². The number of benzene rings is 2. The Bertz CT molecular complexity index is 838. The molecule has 0 unspecified atom stereocenters. The highest BCUT2D eigenvalue weighted by Gasteiger charge is 2.31. The highest BCUT2D eigenvalue weighted by molar-refractivity contribution is 5.96. The molecule has 1 fully saturated rings. The molecule has 2 amide bonds. The molecule has 0 spiro atoms. The monoisotopic (exact) mass is 372 g/mol. The molecule has 1 aliphatic heterocycles. The van der Waals surface area contributed by atoms with Gasteiger partial charge in [0.25, 0.3) is 0 Å². The number of halogens is 1. The minimum atomic E-state index is -0.356. The van der Waals surface area contributed by atoms with E-state index in [0.717, 1.165) is 5.56 Å². The van der Waals surface area contributed by atoms with E-state index in [0.29, 0.717) is 23.7 Å². The maximum Gasteiger partial charge on any atom is 0.229 e. The first-order valence-electron chi connectivity index (χ1n) is 8.56. The van der Waals surface area contributed by atoms with Gasteiger partial charge in [0, 0.05) is 18.7 Å². The molecule has 0 bridgehead atoms. The van der Waals surface area contributed by atoms with E-state index in [1.165, 1.54) is 19.2 Å². The molecule has 0 saturated carbocycles. The summed E-state index contributed by atoms with van der Waals surface area (Å²) < 4.78 is 23.5. The van der Waals surface area contributed by atoms with Crippen LogP contribution in [-0.2, 0) is 16.0 Å². The van der Waals surface area contributed by atoms with Gasteiger partial charge in [-0.15, -0.1) is 0 Å². The summed E-state index contributed by atoms with van der Waals surface area (Å²) in [6, 6.07) is 10.8. The van der Waals surface area contributed by atoms with Crippen molar-refractivity contribution in [2.45, 2.75) is 18.9 Å². The summed E-state index contributed by atoms with van der Waals surface area (Å²) in [6.45, 7) is 0.363. The quantitative estimate of drug-likeness (QED) is 0.845. The summed E-state index contributed by atoms with van der Waals surface area (Å²) in [5.74, 6) is 0.517. The number of amides is 2. The molecule has 6 nitrogen and oxygen atoms in total. The minimum absolute atomic E-state index is 0.0991. The Morgan fingerprint density at radius 1 is 1.15 bits per heavy atom. The van der Waals surface area contributed by atoms with Gasteiger partial charge in [0.15, 0.2) is 11.5 Å². The first-order chi connectivity index (χ1) is 13.0. The zero-order valence-corrected chi connectivity index (χ0v) is 15.2. The molecule has 0 aliphatic carbocycles. The van der Waals surface area contributed by atoms with E-state index >= 15 is 0 Å². The van der Waals surface area contributed by atoms with Crippen LogP contribution in [0.15, 0.2) is 42.5 Å². The van der Waals surface area contributed by atoms with E-state index < -0.39 is 0 Å². The van der Waals surface area contributed by atoms with E-state index in [2.05, 4.69) is 5.32 Å². The molecule has 27 heavy (non-hydrogen) atoms. The number of nitrogens with one attached hydrogen (secondary N) is 1. The summed E-state index contributed by atoms with van der Waals surface area (Å²) in [6.07, 6.45) is 0.386. The van der Waals surface area contributed by atoms with Crippen LogP contribution in [0, 0.1) is 5.82 Å². The maximum absolute atomic E-state index is 13.1. The molecule has 1 aliphatic rings. The first kappa shape index (κ1) is 18.7.